The summed E-state index contributed by atoms with van der Waals surface area (Å²) < 4.78 is 5.75. The average Bonchev–Trinajstić information content (AvgIpc) is 3.01. The van der Waals surface area contributed by atoms with Gasteiger partial charge in [0.2, 0.25) is 0 Å². The smallest absolute Gasteiger partial charge is 0.107 e. The van der Waals surface area contributed by atoms with Crippen LogP contribution in [0.3, 0.4) is 0 Å². The lowest BCUT2D eigenvalue weighted by molar-refractivity contribution is -0.00850. The number of methoxy groups -OCH3 is 1. The number of piperidine rings is 1. The van der Waals surface area contributed by atoms with Crippen molar-refractivity contribution in [3.8, 4) is 0 Å². The number of benzene rings is 1. The monoisotopic (exact) mass is 316 g/mol. The maximum absolute atomic E-state index is 5.75. The molecule has 1 aliphatic heterocycles. The van der Waals surface area contributed by atoms with Crippen molar-refractivity contribution in [1.82, 2.24) is 9.88 Å². The number of rotatable bonds is 5. The number of likely N-dealkylation sites (tertiary alicyclic amines) is 1. The maximum Gasteiger partial charge on any atom is 0.107 e. The lowest BCUT2D eigenvalue weighted by Crippen LogP contribution is -2.44. The van der Waals surface area contributed by atoms with Crippen LogP contribution in [0.5, 0.6) is 0 Å². The van der Waals surface area contributed by atoms with E-state index in [9.17, 15) is 0 Å². The zero-order chi connectivity index (χ0) is 15.4. The summed E-state index contributed by atoms with van der Waals surface area (Å²) in [5.74, 6) is 0.556. The molecule has 0 radical (unpaired) electrons. The average molecular weight is 316 g/mol. The lowest BCUT2D eigenvalue weighted by Gasteiger charge is -2.37. The van der Waals surface area contributed by atoms with E-state index < -0.39 is 0 Å². The van der Waals surface area contributed by atoms with Crippen molar-refractivity contribution in [3.05, 3.63) is 52.0 Å². The van der Waals surface area contributed by atoms with Gasteiger partial charge >= 0.3 is 0 Å². The van der Waals surface area contributed by atoms with Crippen LogP contribution in [0, 0.1) is 12.8 Å². The second-order valence-corrected chi connectivity index (χ2v) is 7.16. The summed E-state index contributed by atoms with van der Waals surface area (Å²) >= 11 is 1.75. The molecule has 0 aliphatic carbocycles. The van der Waals surface area contributed by atoms with Gasteiger partial charge in [0, 0.05) is 37.7 Å². The summed E-state index contributed by atoms with van der Waals surface area (Å²) in [5, 5.41) is 3.27. The van der Waals surface area contributed by atoms with Gasteiger partial charge in [0.15, 0.2) is 0 Å². The third-order valence-electron chi connectivity index (χ3n) is 4.47. The van der Waals surface area contributed by atoms with Crippen LogP contribution in [0.15, 0.2) is 35.8 Å². The van der Waals surface area contributed by atoms with Gasteiger partial charge < -0.3 is 4.74 Å². The molecule has 2 aromatic rings. The Morgan fingerprint density at radius 3 is 3.05 bits per heavy atom. The molecule has 0 unspecified atom stereocenters. The number of aryl methyl sites for hydroxylation is 1. The highest BCUT2D eigenvalue weighted by atomic mass is 32.1. The first kappa shape index (κ1) is 15.7. The Kier molecular flexibility index (Phi) is 5.24. The first-order valence-electron chi connectivity index (χ1n) is 7.93. The molecule has 0 saturated carbocycles. The lowest BCUT2D eigenvalue weighted by atomic mass is 9.88. The van der Waals surface area contributed by atoms with Gasteiger partial charge in [-0.15, -0.1) is 11.3 Å². The molecule has 4 heteroatoms. The molecular weight excluding hydrogens is 292 g/mol. The topological polar surface area (TPSA) is 25.4 Å². The van der Waals surface area contributed by atoms with Crippen LogP contribution < -0.4 is 0 Å². The molecule has 2 atom stereocenters. The minimum Gasteiger partial charge on any atom is -0.381 e. The predicted molar refractivity (Wildman–Crippen MR) is 91.2 cm³/mol. The Balaban J connectivity index is 1.66. The van der Waals surface area contributed by atoms with Gasteiger partial charge in [-0.2, -0.15) is 0 Å². The van der Waals surface area contributed by atoms with E-state index in [1.54, 1.807) is 11.3 Å². The largest absolute Gasteiger partial charge is 0.381 e. The molecule has 2 heterocycles. The van der Waals surface area contributed by atoms with Gasteiger partial charge in [0.05, 0.1) is 12.6 Å². The van der Waals surface area contributed by atoms with Gasteiger partial charge in [-0.1, -0.05) is 29.8 Å². The molecule has 1 aromatic carbocycles. The summed E-state index contributed by atoms with van der Waals surface area (Å²) in [5.41, 5.74) is 2.75. The van der Waals surface area contributed by atoms with E-state index in [4.69, 9.17) is 4.74 Å². The number of ether oxygens (including phenoxy) is 1. The molecule has 22 heavy (non-hydrogen) atoms. The van der Waals surface area contributed by atoms with Crippen molar-refractivity contribution in [1.29, 1.82) is 0 Å². The summed E-state index contributed by atoms with van der Waals surface area (Å²) in [6.07, 6.45) is 4.46. The second-order valence-electron chi connectivity index (χ2n) is 6.18. The first-order valence-corrected chi connectivity index (χ1v) is 8.81. The van der Waals surface area contributed by atoms with Crippen LogP contribution in [0.4, 0.5) is 0 Å². The fourth-order valence-electron chi connectivity index (χ4n) is 3.40. The van der Waals surface area contributed by atoms with E-state index in [2.05, 4.69) is 46.5 Å². The molecule has 118 valence electrons. The van der Waals surface area contributed by atoms with Crippen molar-refractivity contribution < 1.29 is 4.74 Å². The summed E-state index contributed by atoms with van der Waals surface area (Å²) in [6.45, 7) is 5.32. The number of hydrogen-bond acceptors (Lipinski definition) is 4. The quantitative estimate of drug-likeness (QED) is 0.844. The molecule has 3 nitrogen and oxygen atoms in total. The zero-order valence-corrected chi connectivity index (χ0v) is 14.2. The highest BCUT2D eigenvalue weighted by Gasteiger charge is 2.29. The Morgan fingerprint density at radius 1 is 1.41 bits per heavy atom. The highest BCUT2D eigenvalue weighted by molar-refractivity contribution is 7.09. The van der Waals surface area contributed by atoms with E-state index in [1.807, 2.05) is 13.3 Å². The molecule has 0 N–H and O–H groups in total. The van der Waals surface area contributed by atoms with Crippen LogP contribution >= 0.6 is 11.3 Å². The molecule has 1 aliphatic rings. The number of nitrogens with zero attached hydrogens (tertiary/aromatic N) is 2. The predicted octanol–water partition coefficient (Wildman–Crippen LogP) is 3.53. The van der Waals surface area contributed by atoms with E-state index >= 15 is 0 Å². The Bertz CT molecular complexity index is 585. The van der Waals surface area contributed by atoms with Gasteiger partial charge in [-0.25, -0.2) is 4.98 Å². The highest BCUT2D eigenvalue weighted by Crippen LogP contribution is 2.25. The van der Waals surface area contributed by atoms with E-state index in [-0.39, 0.29) is 0 Å². The molecule has 1 fully saturated rings. The van der Waals surface area contributed by atoms with E-state index in [0.29, 0.717) is 12.0 Å². The van der Waals surface area contributed by atoms with Gasteiger partial charge in [0.1, 0.15) is 5.01 Å². The zero-order valence-electron chi connectivity index (χ0n) is 13.4. The molecule has 0 bridgehead atoms. The summed E-state index contributed by atoms with van der Waals surface area (Å²) in [4.78, 5) is 6.94. The van der Waals surface area contributed by atoms with Crippen LogP contribution in [0.25, 0.3) is 0 Å². The fraction of sp³-hybridized carbons (Fsp3) is 0.500. The van der Waals surface area contributed by atoms with Gasteiger partial charge in [0.25, 0.3) is 0 Å². The van der Waals surface area contributed by atoms with E-state index in [0.717, 1.165) is 32.5 Å². The van der Waals surface area contributed by atoms with Gasteiger partial charge in [-0.05, 0) is 25.3 Å². The fourth-order valence-corrected chi connectivity index (χ4v) is 4.06. The minimum atomic E-state index is 0.369. The van der Waals surface area contributed by atoms with Crippen molar-refractivity contribution in [3.63, 3.8) is 0 Å². The Morgan fingerprint density at radius 2 is 2.32 bits per heavy atom. The SMILES string of the molecule is CO[C@H]1CCN(Cc2nccs2)C[C@@H]1Cc1cccc(C)c1. The first-order chi connectivity index (χ1) is 10.7. The van der Waals surface area contributed by atoms with Gasteiger partial charge in [-0.3, -0.25) is 4.90 Å². The van der Waals surface area contributed by atoms with Crippen LogP contribution in [-0.2, 0) is 17.7 Å². The van der Waals surface area contributed by atoms with Crippen molar-refractivity contribution in [2.45, 2.75) is 32.4 Å². The third kappa shape index (κ3) is 3.94. The van der Waals surface area contributed by atoms with Crippen molar-refractivity contribution in [2.75, 3.05) is 20.2 Å². The van der Waals surface area contributed by atoms with Crippen LogP contribution in [0.1, 0.15) is 22.6 Å². The maximum atomic E-state index is 5.75. The number of thiazole rings is 1. The van der Waals surface area contributed by atoms with Crippen molar-refractivity contribution in [2.24, 2.45) is 5.92 Å². The number of hydrogen-bond donors (Lipinski definition) is 0. The van der Waals surface area contributed by atoms with Crippen LogP contribution in [-0.4, -0.2) is 36.2 Å². The molecule has 3 rings (SSSR count). The summed E-state index contributed by atoms with van der Waals surface area (Å²) in [7, 11) is 1.85. The Hall–Kier alpha value is -1.23. The molecule has 0 spiro atoms. The van der Waals surface area contributed by atoms with Crippen LogP contribution in [0.2, 0.25) is 0 Å². The minimum absolute atomic E-state index is 0.369. The summed E-state index contributed by atoms with van der Waals surface area (Å²) in [6, 6.07) is 8.85. The standard InChI is InChI=1S/C18H24N2OS/c1-14-4-3-5-15(10-14)11-16-12-20(8-6-17(16)21-2)13-18-19-7-9-22-18/h3-5,7,9-10,16-17H,6,8,11-13H2,1-2H3/t16-,17-/m0/s1. The Labute approximate surface area is 137 Å². The second kappa shape index (κ2) is 7.36. The molecule has 1 aromatic heterocycles. The molecule has 1 saturated heterocycles. The van der Waals surface area contributed by atoms with E-state index in [1.165, 1.54) is 16.1 Å². The number of aromatic nitrogens is 1. The molecular formula is C18H24N2OS. The normalized spacial score (nSPS) is 22.8. The third-order valence-corrected chi connectivity index (χ3v) is 5.24. The molecule has 0 amide bonds. The van der Waals surface area contributed by atoms with Crippen molar-refractivity contribution >= 4 is 11.3 Å².